The summed E-state index contributed by atoms with van der Waals surface area (Å²) < 4.78 is 40.4. The molecule has 0 aliphatic carbocycles. The number of carbonyl (C=O) groups excluding carboxylic acids is 1. The number of hydrogen-bond acceptors (Lipinski definition) is 3. The second-order valence-electron chi connectivity index (χ2n) is 4.69. The smallest absolute Gasteiger partial charge is 0.268 e. The lowest BCUT2D eigenvalue weighted by Gasteiger charge is -2.14. The van der Waals surface area contributed by atoms with E-state index < -0.39 is 30.3 Å². The Morgan fingerprint density at radius 3 is 2.65 bits per heavy atom. The maximum atomic E-state index is 14.4. The van der Waals surface area contributed by atoms with Crippen molar-refractivity contribution in [3.8, 4) is 11.1 Å². The molecule has 0 bridgehead atoms. The van der Waals surface area contributed by atoms with Crippen molar-refractivity contribution in [3.05, 3.63) is 46.4 Å². The van der Waals surface area contributed by atoms with Crippen molar-refractivity contribution in [3.63, 3.8) is 0 Å². The third-order valence-electron chi connectivity index (χ3n) is 3.10. The van der Waals surface area contributed by atoms with Gasteiger partial charge in [0.1, 0.15) is 11.6 Å². The van der Waals surface area contributed by atoms with Crippen molar-refractivity contribution in [2.45, 2.75) is 20.0 Å². The standard InChI is InChI=1S/C15H12ClF3N2O2/c1-7(23)21-12-4-10(8(6-22)5-20-12)9-2-3-11(16)13(14(9)17)15(18)19/h2-5,15,22H,6H2,1H3,(H,20,21,23). The van der Waals surface area contributed by atoms with Gasteiger partial charge in [-0.1, -0.05) is 11.6 Å². The van der Waals surface area contributed by atoms with Crippen LogP contribution >= 0.6 is 11.6 Å². The van der Waals surface area contributed by atoms with E-state index in [4.69, 9.17) is 11.6 Å². The van der Waals surface area contributed by atoms with Crippen molar-refractivity contribution in [2.75, 3.05) is 5.32 Å². The average molecular weight is 345 g/mol. The third kappa shape index (κ3) is 3.62. The van der Waals surface area contributed by atoms with E-state index in [0.717, 1.165) is 6.07 Å². The van der Waals surface area contributed by atoms with Gasteiger partial charge in [0.15, 0.2) is 0 Å². The second kappa shape index (κ2) is 6.97. The van der Waals surface area contributed by atoms with Crippen LogP contribution in [0.5, 0.6) is 0 Å². The Bertz CT molecular complexity index is 754. The average Bonchev–Trinajstić information content (AvgIpc) is 2.46. The molecule has 0 unspecified atom stereocenters. The van der Waals surface area contributed by atoms with Crippen LogP contribution in [0.25, 0.3) is 11.1 Å². The number of aliphatic hydroxyl groups excluding tert-OH is 1. The van der Waals surface area contributed by atoms with Crippen molar-refractivity contribution in [1.82, 2.24) is 4.98 Å². The zero-order valence-corrected chi connectivity index (χ0v) is 12.7. The minimum atomic E-state index is -3.09. The minimum absolute atomic E-state index is 0.109. The van der Waals surface area contributed by atoms with Crippen LogP contribution in [0.2, 0.25) is 5.02 Å². The van der Waals surface area contributed by atoms with Gasteiger partial charge in [-0.05, 0) is 23.8 Å². The van der Waals surface area contributed by atoms with E-state index in [1.165, 1.54) is 25.3 Å². The molecular formula is C15H12ClF3N2O2. The van der Waals surface area contributed by atoms with Gasteiger partial charge < -0.3 is 10.4 Å². The summed E-state index contributed by atoms with van der Waals surface area (Å²) in [5, 5.41) is 11.4. The van der Waals surface area contributed by atoms with Gasteiger partial charge in [0, 0.05) is 24.2 Å². The number of rotatable bonds is 4. The number of pyridine rings is 1. The van der Waals surface area contributed by atoms with Crippen LogP contribution < -0.4 is 5.32 Å². The van der Waals surface area contributed by atoms with Crippen LogP contribution in [0.3, 0.4) is 0 Å². The first-order chi connectivity index (χ1) is 10.8. The fourth-order valence-electron chi connectivity index (χ4n) is 2.09. The molecule has 23 heavy (non-hydrogen) atoms. The van der Waals surface area contributed by atoms with E-state index >= 15 is 0 Å². The van der Waals surface area contributed by atoms with Crippen LogP contribution in [0.1, 0.15) is 24.5 Å². The van der Waals surface area contributed by atoms with Gasteiger partial charge in [0.05, 0.1) is 17.2 Å². The molecule has 0 spiro atoms. The van der Waals surface area contributed by atoms with Gasteiger partial charge in [-0.15, -0.1) is 0 Å². The molecule has 0 aliphatic heterocycles. The highest BCUT2D eigenvalue weighted by Gasteiger charge is 2.22. The molecule has 4 nitrogen and oxygen atoms in total. The minimum Gasteiger partial charge on any atom is -0.392 e. The van der Waals surface area contributed by atoms with Crippen LogP contribution in [-0.2, 0) is 11.4 Å². The summed E-state index contributed by atoms with van der Waals surface area (Å²) >= 11 is 5.62. The molecule has 1 aromatic carbocycles. The van der Waals surface area contributed by atoms with Crippen LogP contribution in [-0.4, -0.2) is 16.0 Å². The number of carbonyl (C=O) groups is 1. The summed E-state index contributed by atoms with van der Waals surface area (Å²) in [6.45, 7) is 0.786. The molecule has 0 saturated heterocycles. The maximum Gasteiger partial charge on any atom is 0.268 e. The van der Waals surface area contributed by atoms with E-state index in [2.05, 4.69) is 10.3 Å². The van der Waals surface area contributed by atoms with Crippen LogP contribution in [0.4, 0.5) is 19.0 Å². The summed E-state index contributed by atoms with van der Waals surface area (Å²) in [5.41, 5.74) is -0.712. The molecule has 0 aliphatic rings. The first-order valence-corrected chi connectivity index (χ1v) is 6.86. The summed E-state index contributed by atoms with van der Waals surface area (Å²) in [6.07, 6.45) is -1.85. The number of aliphatic hydroxyl groups is 1. The molecule has 8 heteroatoms. The number of benzene rings is 1. The molecule has 122 valence electrons. The number of anilines is 1. The summed E-state index contributed by atoms with van der Waals surface area (Å²) in [5.74, 6) is -1.47. The molecule has 0 radical (unpaired) electrons. The van der Waals surface area contributed by atoms with Crippen LogP contribution in [0, 0.1) is 5.82 Å². The quantitative estimate of drug-likeness (QED) is 0.883. The van der Waals surface area contributed by atoms with Crippen molar-refractivity contribution in [2.24, 2.45) is 0 Å². The highest BCUT2D eigenvalue weighted by molar-refractivity contribution is 6.31. The number of nitrogens with one attached hydrogen (secondary N) is 1. The predicted molar refractivity (Wildman–Crippen MR) is 79.8 cm³/mol. The SMILES string of the molecule is CC(=O)Nc1cc(-c2ccc(Cl)c(C(F)F)c2F)c(CO)cn1. The highest BCUT2D eigenvalue weighted by atomic mass is 35.5. The second-order valence-corrected chi connectivity index (χ2v) is 5.10. The van der Waals surface area contributed by atoms with Crippen molar-refractivity contribution >= 4 is 23.3 Å². The molecule has 2 N–H and O–H groups in total. The fourth-order valence-corrected chi connectivity index (χ4v) is 2.31. The number of amides is 1. The number of halogens is 4. The van der Waals surface area contributed by atoms with E-state index in [1.807, 2.05) is 0 Å². The zero-order valence-electron chi connectivity index (χ0n) is 11.9. The predicted octanol–water partition coefficient (Wildman–Crippen LogP) is 3.93. The topological polar surface area (TPSA) is 62.2 Å². The van der Waals surface area contributed by atoms with Crippen molar-refractivity contribution in [1.29, 1.82) is 0 Å². The van der Waals surface area contributed by atoms with E-state index in [1.54, 1.807) is 0 Å². The van der Waals surface area contributed by atoms with E-state index in [-0.39, 0.29) is 27.5 Å². The summed E-state index contributed by atoms with van der Waals surface area (Å²) in [6, 6.07) is 3.69. The Kier molecular flexibility index (Phi) is 5.23. The lowest BCUT2D eigenvalue weighted by molar-refractivity contribution is -0.114. The number of aromatic nitrogens is 1. The van der Waals surface area contributed by atoms with Gasteiger partial charge in [-0.25, -0.2) is 18.2 Å². The molecule has 1 amide bonds. The van der Waals surface area contributed by atoms with Gasteiger partial charge >= 0.3 is 0 Å². The Morgan fingerprint density at radius 1 is 1.39 bits per heavy atom. The van der Waals surface area contributed by atoms with Gasteiger partial charge in [0.2, 0.25) is 5.91 Å². The Morgan fingerprint density at radius 2 is 2.09 bits per heavy atom. The lowest BCUT2D eigenvalue weighted by atomic mass is 9.99. The third-order valence-corrected chi connectivity index (χ3v) is 3.43. The van der Waals surface area contributed by atoms with Crippen LogP contribution in [0.15, 0.2) is 24.4 Å². The Labute approximate surface area is 134 Å². The number of alkyl halides is 2. The molecule has 0 saturated carbocycles. The van der Waals surface area contributed by atoms with Gasteiger partial charge in [0.25, 0.3) is 6.43 Å². The van der Waals surface area contributed by atoms with Gasteiger partial charge in [-0.2, -0.15) is 0 Å². The first-order valence-electron chi connectivity index (χ1n) is 6.49. The summed E-state index contributed by atoms with van der Waals surface area (Å²) in [4.78, 5) is 15.0. The highest BCUT2D eigenvalue weighted by Crippen LogP contribution is 2.37. The molecule has 1 heterocycles. The fraction of sp³-hybridized carbons (Fsp3) is 0.200. The molecule has 2 aromatic rings. The van der Waals surface area contributed by atoms with E-state index in [0.29, 0.717) is 0 Å². The number of nitrogens with zero attached hydrogens (tertiary/aromatic N) is 1. The Balaban J connectivity index is 2.65. The molecular weight excluding hydrogens is 333 g/mol. The monoisotopic (exact) mass is 344 g/mol. The largest absolute Gasteiger partial charge is 0.392 e. The maximum absolute atomic E-state index is 14.4. The summed E-state index contributed by atoms with van der Waals surface area (Å²) in [7, 11) is 0. The Hall–Kier alpha value is -2.12. The molecule has 0 atom stereocenters. The lowest BCUT2D eigenvalue weighted by Crippen LogP contribution is -2.08. The normalized spacial score (nSPS) is 10.9. The molecule has 0 fully saturated rings. The molecule has 2 rings (SSSR count). The first kappa shape index (κ1) is 17.2. The number of hydrogen-bond donors (Lipinski definition) is 2. The van der Waals surface area contributed by atoms with Crippen molar-refractivity contribution < 1.29 is 23.1 Å². The zero-order chi connectivity index (χ0) is 17.1. The molecule has 1 aromatic heterocycles. The van der Waals surface area contributed by atoms with Gasteiger partial charge in [-0.3, -0.25) is 4.79 Å². The van der Waals surface area contributed by atoms with E-state index in [9.17, 15) is 23.1 Å².